The zero-order valence-electron chi connectivity index (χ0n) is 13.4. The molecule has 0 aliphatic carbocycles. The molecule has 1 aromatic carbocycles. The Balaban J connectivity index is 1.65. The van der Waals surface area contributed by atoms with Crippen molar-refractivity contribution in [3.05, 3.63) is 47.0 Å². The monoisotopic (exact) mass is 331 g/mol. The maximum Gasteiger partial charge on any atom is 0.223 e. The summed E-state index contributed by atoms with van der Waals surface area (Å²) in [5, 5.41) is 5.39. The molecule has 1 aliphatic rings. The number of rotatable bonds is 4. The van der Waals surface area contributed by atoms with Crippen molar-refractivity contribution in [3.8, 4) is 0 Å². The van der Waals surface area contributed by atoms with E-state index in [2.05, 4.69) is 34.3 Å². The number of nitrogens with one attached hydrogen (secondary N) is 1. The predicted molar refractivity (Wildman–Crippen MR) is 91.4 cm³/mol. The van der Waals surface area contributed by atoms with Crippen LogP contribution in [-0.4, -0.2) is 35.0 Å². The van der Waals surface area contributed by atoms with Crippen molar-refractivity contribution >= 4 is 22.4 Å². The Morgan fingerprint density at radius 3 is 2.91 bits per heavy atom. The van der Waals surface area contributed by atoms with Crippen LogP contribution >= 0.6 is 11.3 Å². The first-order chi connectivity index (χ1) is 11.1. The van der Waals surface area contributed by atoms with Crippen LogP contribution in [0.3, 0.4) is 0 Å². The number of nitrogens with zero attached hydrogens (tertiary/aromatic N) is 2. The van der Waals surface area contributed by atoms with Crippen LogP contribution in [0.15, 0.2) is 35.7 Å². The molecule has 0 saturated carbocycles. The lowest BCUT2D eigenvalue weighted by molar-refractivity contribution is -0.114. The molecule has 2 atom stereocenters. The van der Waals surface area contributed by atoms with E-state index in [0.717, 1.165) is 25.3 Å². The fraction of sp³-hybridized carbons (Fsp3) is 0.412. The number of carbonyl (C=O) groups excluding carboxylic acids is 1. The van der Waals surface area contributed by atoms with Gasteiger partial charge in [0.2, 0.25) is 5.91 Å². The molecule has 5 nitrogen and oxygen atoms in total. The maximum absolute atomic E-state index is 11.1. The molecule has 1 saturated heterocycles. The van der Waals surface area contributed by atoms with Crippen molar-refractivity contribution in [2.75, 3.05) is 18.4 Å². The van der Waals surface area contributed by atoms with Crippen LogP contribution in [0.25, 0.3) is 0 Å². The van der Waals surface area contributed by atoms with Crippen LogP contribution in [-0.2, 0) is 16.1 Å². The zero-order chi connectivity index (χ0) is 16.2. The van der Waals surface area contributed by atoms with E-state index in [0.29, 0.717) is 5.13 Å². The first-order valence-electron chi connectivity index (χ1n) is 7.75. The fourth-order valence-corrected chi connectivity index (χ4v) is 3.58. The molecule has 1 aromatic heterocycles. The largest absolute Gasteiger partial charge is 0.368 e. The number of carbonyl (C=O) groups is 1. The lowest BCUT2D eigenvalue weighted by atomic mass is 10.1. The Hall–Kier alpha value is -1.76. The third-order valence-electron chi connectivity index (χ3n) is 3.73. The molecule has 0 radical (unpaired) electrons. The van der Waals surface area contributed by atoms with Crippen molar-refractivity contribution in [2.24, 2.45) is 0 Å². The van der Waals surface area contributed by atoms with Crippen LogP contribution in [0, 0.1) is 0 Å². The summed E-state index contributed by atoms with van der Waals surface area (Å²) in [4.78, 5) is 17.9. The van der Waals surface area contributed by atoms with Gasteiger partial charge < -0.3 is 10.1 Å². The second-order valence-electron chi connectivity index (χ2n) is 5.87. The van der Waals surface area contributed by atoms with Crippen LogP contribution in [0.5, 0.6) is 0 Å². The Morgan fingerprint density at radius 2 is 2.17 bits per heavy atom. The summed E-state index contributed by atoms with van der Waals surface area (Å²) >= 11 is 1.46. The first kappa shape index (κ1) is 16.1. The second-order valence-corrected chi connectivity index (χ2v) is 6.72. The lowest BCUT2D eigenvalue weighted by Crippen LogP contribution is -2.42. The van der Waals surface area contributed by atoms with Gasteiger partial charge in [-0.1, -0.05) is 30.3 Å². The molecule has 122 valence electrons. The molecule has 1 fully saturated rings. The Morgan fingerprint density at radius 1 is 1.39 bits per heavy atom. The van der Waals surface area contributed by atoms with Gasteiger partial charge in [-0.15, -0.1) is 11.3 Å². The van der Waals surface area contributed by atoms with Gasteiger partial charge in [0.05, 0.1) is 17.9 Å². The number of amides is 1. The quantitative estimate of drug-likeness (QED) is 0.935. The average molecular weight is 331 g/mol. The number of morpholine rings is 1. The number of aromatic nitrogens is 1. The Kier molecular flexibility index (Phi) is 5.05. The summed E-state index contributed by atoms with van der Waals surface area (Å²) in [7, 11) is 0. The summed E-state index contributed by atoms with van der Waals surface area (Å²) in [5.74, 6) is -0.0879. The van der Waals surface area contributed by atoms with E-state index in [4.69, 9.17) is 4.74 Å². The van der Waals surface area contributed by atoms with E-state index in [9.17, 15) is 4.79 Å². The van der Waals surface area contributed by atoms with Crippen molar-refractivity contribution in [1.29, 1.82) is 0 Å². The van der Waals surface area contributed by atoms with Gasteiger partial charge in [-0.3, -0.25) is 9.69 Å². The highest BCUT2D eigenvalue weighted by Gasteiger charge is 2.26. The third-order valence-corrected chi connectivity index (χ3v) is 4.53. The lowest BCUT2D eigenvalue weighted by Gasteiger charge is -2.36. The molecular formula is C17H21N3O2S. The number of thiazole rings is 1. The second kappa shape index (κ2) is 7.21. The maximum atomic E-state index is 11.1. The van der Waals surface area contributed by atoms with Crippen molar-refractivity contribution < 1.29 is 9.53 Å². The van der Waals surface area contributed by atoms with Crippen LogP contribution in [0.1, 0.15) is 31.2 Å². The standard InChI is InChI=1S/C17H21N3O2S/c1-12-8-20(9-15-11-23-17(19-15)18-13(2)21)10-16(22-12)14-6-4-3-5-7-14/h3-7,11-12,16H,8-10H2,1-2H3,(H,18,19,21)/t12-,16+/m0/s1. The van der Waals surface area contributed by atoms with Crippen molar-refractivity contribution in [3.63, 3.8) is 0 Å². The van der Waals surface area contributed by atoms with E-state index >= 15 is 0 Å². The van der Waals surface area contributed by atoms with Gasteiger partial charge in [0.15, 0.2) is 5.13 Å². The summed E-state index contributed by atoms with van der Waals surface area (Å²) in [6, 6.07) is 10.3. The first-order valence-corrected chi connectivity index (χ1v) is 8.63. The highest BCUT2D eigenvalue weighted by molar-refractivity contribution is 7.13. The van der Waals surface area contributed by atoms with Crippen LogP contribution in [0.4, 0.5) is 5.13 Å². The van der Waals surface area contributed by atoms with Gasteiger partial charge >= 0.3 is 0 Å². The highest BCUT2D eigenvalue weighted by Crippen LogP contribution is 2.26. The number of benzene rings is 1. The molecule has 2 heterocycles. The molecule has 0 spiro atoms. The third kappa shape index (κ3) is 4.37. The van der Waals surface area contributed by atoms with Gasteiger partial charge in [-0.2, -0.15) is 0 Å². The number of hydrogen-bond acceptors (Lipinski definition) is 5. The van der Waals surface area contributed by atoms with Gasteiger partial charge in [0, 0.05) is 31.9 Å². The summed E-state index contributed by atoms with van der Waals surface area (Å²) in [5.41, 5.74) is 2.20. The molecule has 2 aromatic rings. The molecule has 1 N–H and O–H groups in total. The van der Waals surface area contributed by atoms with E-state index in [-0.39, 0.29) is 18.1 Å². The molecule has 0 bridgehead atoms. The smallest absolute Gasteiger partial charge is 0.223 e. The number of anilines is 1. The van der Waals surface area contributed by atoms with Gasteiger partial charge in [-0.05, 0) is 12.5 Å². The normalized spacial score (nSPS) is 22.0. The van der Waals surface area contributed by atoms with Crippen molar-refractivity contribution in [1.82, 2.24) is 9.88 Å². The minimum absolute atomic E-state index is 0.0879. The van der Waals surface area contributed by atoms with Crippen molar-refractivity contribution in [2.45, 2.75) is 32.6 Å². The molecule has 1 aliphatic heterocycles. The predicted octanol–water partition coefficient (Wildman–Crippen LogP) is 3.06. The van der Waals surface area contributed by atoms with E-state index in [1.165, 1.54) is 23.8 Å². The van der Waals surface area contributed by atoms with Gasteiger partial charge in [0.1, 0.15) is 0 Å². The van der Waals surface area contributed by atoms with Crippen LogP contribution < -0.4 is 5.32 Å². The molecule has 23 heavy (non-hydrogen) atoms. The minimum Gasteiger partial charge on any atom is -0.368 e. The van der Waals surface area contributed by atoms with E-state index in [1.807, 2.05) is 23.6 Å². The van der Waals surface area contributed by atoms with E-state index in [1.54, 1.807) is 0 Å². The molecule has 0 unspecified atom stereocenters. The Bertz CT molecular complexity index is 659. The number of hydrogen-bond donors (Lipinski definition) is 1. The topological polar surface area (TPSA) is 54.5 Å². The molecule has 1 amide bonds. The Labute approximate surface area is 140 Å². The van der Waals surface area contributed by atoms with Gasteiger partial charge in [0.25, 0.3) is 0 Å². The van der Waals surface area contributed by atoms with Gasteiger partial charge in [-0.25, -0.2) is 4.98 Å². The van der Waals surface area contributed by atoms with E-state index < -0.39 is 0 Å². The minimum atomic E-state index is -0.0879. The summed E-state index contributed by atoms with van der Waals surface area (Å²) < 4.78 is 6.08. The molecule has 3 rings (SSSR count). The highest BCUT2D eigenvalue weighted by atomic mass is 32.1. The molecular weight excluding hydrogens is 310 g/mol. The average Bonchev–Trinajstić information content (AvgIpc) is 2.93. The summed E-state index contributed by atoms with van der Waals surface area (Å²) in [6.45, 7) is 6.10. The number of ether oxygens (including phenoxy) is 1. The zero-order valence-corrected chi connectivity index (χ0v) is 14.2. The van der Waals surface area contributed by atoms with Crippen LogP contribution in [0.2, 0.25) is 0 Å². The SMILES string of the molecule is CC(=O)Nc1nc(CN2C[C@H](C)O[C@@H](c3ccccc3)C2)cs1. The summed E-state index contributed by atoms with van der Waals surface area (Å²) in [6.07, 6.45) is 0.274. The molecule has 6 heteroatoms. The fourth-order valence-electron chi connectivity index (χ4n) is 2.84.